The topological polar surface area (TPSA) is 150 Å². The van der Waals surface area contributed by atoms with Crippen molar-refractivity contribution in [3.63, 3.8) is 0 Å². The summed E-state index contributed by atoms with van der Waals surface area (Å²) in [6.07, 6.45) is 2.35. The molecular formula is C49H44ClN7O6S. The van der Waals surface area contributed by atoms with E-state index in [0.29, 0.717) is 39.2 Å². The number of imide groups is 2. The van der Waals surface area contributed by atoms with Gasteiger partial charge in [0.1, 0.15) is 11.5 Å². The van der Waals surface area contributed by atoms with Crippen molar-refractivity contribution in [2.24, 2.45) is 46.4 Å². The zero-order valence-electron chi connectivity index (χ0n) is 35.9. The van der Waals surface area contributed by atoms with Gasteiger partial charge in [0.05, 0.1) is 52.2 Å². The highest BCUT2D eigenvalue weighted by Crippen LogP contribution is 2.65. The smallest absolute Gasteiger partial charge is 0.242 e. The number of rotatable bonds is 8. The normalized spacial score (nSPS) is 24.1. The van der Waals surface area contributed by atoms with Crippen molar-refractivity contribution in [3.8, 4) is 22.1 Å². The van der Waals surface area contributed by atoms with E-state index in [9.17, 15) is 14.7 Å². The first-order valence-corrected chi connectivity index (χ1v) is 22.2. The van der Waals surface area contributed by atoms with E-state index in [4.69, 9.17) is 21.4 Å². The number of aromatic nitrogens is 2. The van der Waals surface area contributed by atoms with E-state index in [2.05, 4.69) is 10.2 Å². The Kier molecular flexibility index (Phi) is 9.87. The molecule has 2 aromatic heterocycles. The number of fused-ring (bicyclic) bond motifs is 5. The maximum absolute atomic E-state index is 15.3. The molecule has 324 valence electrons. The van der Waals surface area contributed by atoms with Crippen molar-refractivity contribution in [3.05, 3.63) is 119 Å². The predicted octanol–water partition coefficient (Wildman–Crippen LogP) is 9.89. The number of carbonyl (C=O) groups is 4. The van der Waals surface area contributed by atoms with Crippen LogP contribution in [0.25, 0.3) is 20.7 Å². The monoisotopic (exact) mass is 893 g/mol. The molecule has 2 aliphatic carbocycles. The predicted molar refractivity (Wildman–Crippen MR) is 247 cm³/mol. The van der Waals surface area contributed by atoms with Gasteiger partial charge in [0.15, 0.2) is 11.5 Å². The molecular weight excluding hydrogens is 850 g/mol. The molecule has 2 saturated heterocycles. The lowest BCUT2D eigenvalue weighted by molar-refractivity contribution is -0.131. The molecule has 1 N–H and O–H groups in total. The maximum Gasteiger partial charge on any atom is 0.242 e. The third kappa shape index (κ3) is 6.21. The number of phenolic OH excluding ortho intramolecular Hbond substituents is 1. The Balaban J connectivity index is 1.00. The number of amides is 4. The lowest BCUT2D eigenvalue weighted by Crippen LogP contribution is -2.49. The number of hydrogen-bond donors (Lipinski definition) is 1. The number of para-hydroxylation sites is 1. The van der Waals surface area contributed by atoms with Gasteiger partial charge in [0.25, 0.3) is 0 Å². The average Bonchev–Trinajstić information content (AvgIpc) is 3.96. The largest absolute Gasteiger partial charge is 0.504 e. The fraction of sp³-hybridized carbons (Fsp3) is 0.286. The molecule has 3 fully saturated rings. The summed E-state index contributed by atoms with van der Waals surface area (Å²) in [4.78, 5) is 64.8. The number of azo groups is 1. The lowest BCUT2D eigenvalue weighted by Gasteiger charge is -2.49. The van der Waals surface area contributed by atoms with E-state index in [1.54, 1.807) is 78.5 Å². The van der Waals surface area contributed by atoms with Crippen LogP contribution in [0, 0.1) is 36.0 Å². The zero-order chi connectivity index (χ0) is 44.9. The highest BCUT2D eigenvalue weighted by Gasteiger charge is 2.68. The van der Waals surface area contributed by atoms with E-state index in [-0.39, 0.29) is 36.2 Å². The van der Waals surface area contributed by atoms with Crippen LogP contribution < -0.4 is 19.4 Å². The number of nitrogens with zero attached hydrogens (tertiary/aromatic N) is 7. The van der Waals surface area contributed by atoms with Crippen LogP contribution in [0.2, 0.25) is 5.02 Å². The number of ether oxygens (including phenoxy) is 1. The Morgan fingerprint density at radius 2 is 1.59 bits per heavy atom. The molecule has 0 radical (unpaired) electrons. The van der Waals surface area contributed by atoms with Crippen LogP contribution in [-0.2, 0) is 26.2 Å². The standard InChI is InChI=1S/C49H44ClN7O6S/c1-25-34-22-26(50)10-21-39(34)64-44(25)37-24-40(55(5)53-37)57-46(60)36-23-35-31(42(49(36,2)48(57)62)33-8-7-9-38(63-6)43(33)58)19-20-32-41(35)47(61)56(45(32)59)30-17-13-28(14-18-30)52-51-27-11-15-29(16-12-27)54(3)4/h7-19,21-22,24,32,35-36,41-42,58H,20,23H2,1-6H3/t32-,35+,36-,41-,42+,49+/m0/s1. The molecule has 15 heteroatoms. The highest BCUT2D eigenvalue weighted by molar-refractivity contribution is 7.22. The van der Waals surface area contributed by atoms with Gasteiger partial charge in [-0.3, -0.25) is 28.8 Å². The van der Waals surface area contributed by atoms with Crippen molar-refractivity contribution in [1.29, 1.82) is 0 Å². The number of halogens is 1. The molecule has 0 bridgehead atoms. The van der Waals surface area contributed by atoms with Crippen LogP contribution >= 0.6 is 22.9 Å². The number of carbonyl (C=O) groups excluding carboxylic acids is 4. The number of hydrogen-bond acceptors (Lipinski definition) is 11. The third-order valence-electron chi connectivity index (χ3n) is 13.8. The fourth-order valence-electron chi connectivity index (χ4n) is 10.6. The first-order chi connectivity index (χ1) is 30.7. The van der Waals surface area contributed by atoms with Gasteiger partial charge in [-0.05, 0) is 116 Å². The van der Waals surface area contributed by atoms with Crippen molar-refractivity contribution in [1.82, 2.24) is 9.78 Å². The summed E-state index contributed by atoms with van der Waals surface area (Å²) < 4.78 is 8.13. The molecule has 1 saturated carbocycles. The molecule has 0 unspecified atom stereocenters. The van der Waals surface area contributed by atoms with Crippen LogP contribution in [0.15, 0.2) is 113 Å². The van der Waals surface area contributed by atoms with Gasteiger partial charge in [0.2, 0.25) is 23.6 Å². The van der Waals surface area contributed by atoms with Gasteiger partial charge in [-0.25, -0.2) is 4.90 Å². The summed E-state index contributed by atoms with van der Waals surface area (Å²) >= 11 is 7.90. The Bertz CT molecular complexity index is 3010. The van der Waals surface area contributed by atoms with Crippen LogP contribution in [0.4, 0.5) is 28.6 Å². The van der Waals surface area contributed by atoms with Crippen molar-refractivity contribution in [2.45, 2.75) is 32.6 Å². The molecule has 6 atom stereocenters. The number of anilines is 3. The van der Waals surface area contributed by atoms with E-state index >= 15 is 9.59 Å². The summed E-state index contributed by atoms with van der Waals surface area (Å²) in [5.74, 6) is -5.03. The third-order valence-corrected chi connectivity index (χ3v) is 15.3. The second-order valence-corrected chi connectivity index (χ2v) is 18.9. The number of thiophene rings is 1. The SMILES string of the molecule is COc1cccc([C@H]2C3=CC[C@@H]4C(=O)N(c5ccc(N=Nc6ccc(N(C)C)cc6)cc5)C(=O)[C@@H]4[C@@H]3C[C@H]3C(=O)N(c4cc(-c5sc6ccc(Cl)cc6c5C)nn4C)C(=O)[C@@]23C)c1O. The maximum atomic E-state index is 15.3. The fourth-order valence-corrected chi connectivity index (χ4v) is 11.9. The molecule has 10 rings (SSSR count). The molecule has 4 aliphatic rings. The zero-order valence-corrected chi connectivity index (χ0v) is 37.5. The van der Waals surface area contributed by atoms with E-state index in [1.807, 2.05) is 74.5 Å². The first-order valence-electron chi connectivity index (χ1n) is 21.1. The first kappa shape index (κ1) is 41.4. The van der Waals surface area contributed by atoms with E-state index in [1.165, 1.54) is 16.9 Å². The molecule has 6 aromatic rings. The minimum absolute atomic E-state index is 0.147. The van der Waals surface area contributed by atoms with E-state index in [0.717, 1.165) is 31.8 Å². The number of allylic oxidation sites excluding steroid dienone is 2. The van der Waals surface area contributed by atoms with Crippen LogP contribution in [0.1, 0.15) is 36.8 Å². The second kappa shape index (κ2) is 15.3. The Morgan fingerprint density at radius 1 is 0.891 bits per heavy atom. The quantitative estimate of drug-likeness (QED) is 0.0902. The lowest BCUT2D eigenvalue weighted by atomic mass is 9.51. The summed E-state index contributed by atoms with van der Waals surface area (Å²) in [7, 11) is 7.08. The summed E-state index contributed by atoms with van der Waals surface area (Å²) in [5.41, 5.74) is 4.02. The molecule has 64 heavy (non-hydrogen) atoms. The van der Waals surface area contributed by atoms with Crippen LogP contribution in [0.5, 0.6) is 11.5 Å². The number of methoxy groups -OCH3 is 1. The van der Waals surface area contributed by atoms with Crippen molar-refractivity contribution >= 4 is 85.2 Å². The number of aromatic hydroxyl groups is 1. The summed E-state index contributed by atoms with van der Waals surface area (Å²) in [5, 5.41) is 26.9. The van der Waals surface area contributed by atoms with Crippen molar-refractivity contribution in [2.75, 3.05) is 35.9 Å². The molecule has 4 aromatic carbocycles. The van der Waals surface area contributed by atoms with E-state index < -0.39 is 46.8 Å². The molecule has 0 spiro atoms. The Hall–Kier alpha value is -6.64. The van der Waals surface area contributed by atoms with Gasteiger partial charge >= 0.3 is 0 Å². The minimum atomic E-state index is -1.39. The Morgan fingerprint density at radius 3 is 2.28 bits per heavy atom. The summed E-state index contributed by atoms with van der Waals surface area (Å²) in [6.45, 7) is 3.78. The average molecular weight is 894 g/mol. The second-order valence-electron chi connectivity index (χ2n) is 17.4. The molecule has 2 aliphatic heterocycles. The molecule has 4 heterocycles. The Labute approximate surface area is 378 Å². The van der Waals surface area contributed by atoms with Gasteiger partial charge in [-0.1, -0.05) is 35.4 Å². The number of aryl methyl sites for hydroxylation is 2. The van der Waals surface area contributed by atoms with Gasteiger partial charge in [0, 0.05) is 54.1 Å². The van der Waals surface area contributed by atoms with Crippen molar-refractivity contribution < 1.29 is 29.0 Å². The summed E-state index contributed by atoms with van der Waals surface area (Å²) in [6, 6.07) is 27.1. The highest BCUT2D eigenvalue weighted by atomic mass is 35.5. The molecule has 4 amide bonds. The van der Waals surface area contributed by atoms with Crippen LogP contribution in [0.3, 0.4) is 0 Å². The van der Waals surface area contributed by atoms with Crippen LogP contribution in [-0.4, -0.2) is 59.7 Å². The number of benzene rings is 4. The minimum Gasteiger partial charge on any atom is -0.504 e. The van der Waals surface area contributed by atoms with Gasteiger partial charge in [-0.2, -0.15) is 15.3 Å². The molecule has 13 nitrogen and oxygen atoms in total. The van der Waals surface area contributed by atoms with Gasteiger partial charge in [-0.15, -0.1) is 11.3 Å². The van der Waals surface area contributed by atoms with Gasteiger partial charge < -0.3 is 14.7 Å². The number of phenols is 1.